The van der Waals surface area contributed by atoms with E-state index in [0.29, 0.717) is 6.61 Å². The first-order chi connectivity index (χ1) is 11.2. The summed E-state index contributed by atoms with van der Waals surface area (Å²) >= 11 is 0. The van der Waals surface area contributed by atoms with Crippen molar-refractivity contribution in [1.82, 2.24) is 0 Å². The monoisotopic (exact) mass is 316 g/mol. The van der Waals surface area contributed by atoms with Crippen LogP contribution in [0.3, 0.4) is 0 Å². The molecule has 1 heterocycles. The lowest BCUT2D eigenvalue weighted by molar-refractivity contribution is 0.202. The number of hydrogen-bond donors (Lipinski definition) is 0. The minimum Gasteiger partial charge on any atom is -0.490 e. The molecule has 0 saturated carbocycles. The van der Waals surface area contributed by atoms with Crippen LogP contribution >= 0.6 is 0 Å². The van der Waals surface area contributed by atoms with Crippen molar-refractivity contribution in [3.63, 3.8) is 0 Å². The number of aryl methyl sites for hydroxylation is 1. The summed E-state index contributed by atoms with van der Waals surface area (Å²) in [5.41, 5.74) is 1.35. The van der Waals surface area contributed by atoms with Crippen molar-refractivity contribution in [2.75, 3.05) is 13.2 Å². The van der Waals surface area contributed by atoms with Crippen molar-refractivity contribution in [3.05, 3.63) is 42.0 Å². The largest absolute Gasteiger partial charge is 0.490 e. The number of unbranched alkanes of at least 4 members (excludes halogenated alkanes) is 6. The molecule has 1 saturated heterocycles. The molecule has 1 aromatic carbocycles. The topological polar surface area (TPSA) is 21.8 Å². The van der Waals surface area contributed by atoms with Crippen molar-refractivity contribution in [1.29, 1.82) is 0 Å². The first kappa shape index (κ1) is 18.1. The average Bonchev–Trinajstić information content (AvgIpc) is 3.30. The highest BCUT2D eigenvalue weighted by molar-refractivity contribution is 5.28. The van der Waals surface area contributed by atoms with E-state index in [-0.39, 0.29) is 5.60 Å². The predicted molar refractivity (Wildman–Crippen MR) is 97.1 cm³/mol. The molecule has 0 bridgehead atoms. The molecular weight excluding hydrogens is 284 g/mol. The molecule has 2 heteroatoms. The second-order valence-corrected chi connectivity index (χ2v) is 6.90. The van der Waals surface area contributed by atoms with E-state index >= 15 is 0 Å². The van der Waals surface area contributed by atoms with Crippen molar-refractivity contribution < 1.29 is 9.47 Å². The minimum absolute atomic E-state index is 0.0388. The molecule has 0 aromatic heterocycles. The number of allylic oxidation sites excluding steroid dienone is 2. The number of rotatable bonds is 12. The van der Waals surface area contributed by atoms with Crippen LogP contribution in [0.5, 0.6) is 5.75 Å². The summed E-state index contributed by atoms with van der Waals surface area (Å²) in [6.07, 6.45) is 14.9. The van der Waals surface area contributed by atoms with Gasteiger partial charge in [0.05, 0.1) is 6.61 Å². The van der Waals surface area contributed by atoms with E-state index in [1.54, 1.807) is 0 Å². The SMILES string of the molecule is C/C=C/CCCCCCCCc1cccc(OCC2(C)CO2)c1. The van der Waals surface area contributed by atoms with Crippen molar-refractivity contribution >= 4 is 0 Å². The fraction of sp³-hybridized carbons (Fsp3) is 0.619. The van der Waals surface area contributed by atoms with Crippen LogP contribution in [-0.4, -0.2) is 18.8 Å². The fourth-order valence-electron chi connectivity index (χ4n) is 2.70. The van der Waals surface area contributed by atoms with Gasteiger partial charge in [-0.05, 0) is 57.2 Å². The lowest BCUT2D eigenvalue weighted by Gasteiger charge is -2.10. The van der Waals surface area contributed by atoms with Gasteiger partial charge in [0, 0.05) is 0 Å². The molecule has 1 aliphatic heterocycles. The first-order valence-electron chi connectivity index (χ1n) is 9.19. The lowest BCUT2D eigenvalue weighted by atomic mass is 10.0. The predicted octanol–water partition coefficient (Wildman–Crippen LogP) is 5.70. The number of ether oxygens (including phenoxy) is 2. The summed E-state index contributed by atoms with van der Waals surface area (Å²) < 4.78 is 11.2. The average molecular weight is 316 g/mol. The third-order valence-electron chi connectivity index (χ3n) is 4.40. The molecule has 0 spiro atoms. The summed E-state index contributed by atoms with van der Waals surface area (Å²) in [6, 6.07) is 8.53. The number of epoxide rings is 1. The van der Waals surface area contributed by atoms with Crippen LogP contribution in [0.1, 0.15) is 64.4 Å². The zero-order valence-corrected chi connectivity index (χ0v) is 14.9. The van der Waals surface area contributed by atoms with E-state index in [4.69, 9.17) is 9.47 Å². The Balaban J connectivity index is 1.54. The van der Waals surface area contributed by atoms with Gasteiger partial charge in [-0.3, -0.25) is 0 Å². The Bertz CT molecular complexity index is 474. The first-order valence-corrected chi connectivity index (χ1v) is 9.19. The highest BCUT2D eigenvalue weighted by atomic mass is 16.6. The summed E-state index contributed by atoms with van der Waals surface area (Å²) in [5, 5.41) is 0. The van der Waals surface area contributed by atoms with Crippen molar-refractivity contribution in [3.8, 4) is 5.75 Å². The lowest BCUT2D eigenvalue weighted by Crippen LogP contribution is -2.16. The van der Waals surface area contributed by atoms with Crippen LogP contribution < -0.4 is 4.74 Å². The zero-order valence-electron chi connectivity index (χ0n) is 14.9. The van der Waals surface area contributed by atoms with E-state index in [1.807, 2.05) is 6.07 Å². The molecule has 1 atom stereocenters. The van der Waals surface area contributed by atoms with Crippen LogP contribution in [-0.2, 0) is 11.2 Å². The molecule has 0 aliphatic carbocycles. The molecule has 0 radical (unpaired) electrons. The number of hydrogen-bond acceptors (Lipinski definition) is 2. The highest BCUT2D eigenvalue weighted by Gasteiger charge is 2.40. The standard InChI is InChI=1S/C21H32O2/c1-3-4-5-6-7-8-9-10-11-13-19-14-12-15-20(16-19)22-17-21(2)18-23-21/h3-4,12,14-16H,5-11,13,17-18H2,1-2H3/b4-3+. The van der Waals surface area contributed by atoms with E-state index in [9.17, 15) is 0 Å². The van der Waals surface area contributed by atoms with E-state index < -0.39 is 0 Å². The zero-order chi connectivity index (χ0) is 16.4. The summed E-state index contributed by atoms with van der Waals surface area (Å²) in [7, 11) is 0. The fourth-order valence-corrected chi connectivity index (χ4v) is 2.70. The Labute approximate surface area is 141 Å². The molecule has 1 aliphatic rings. The molecule has 1 fully saturated rings. The van der Waals surface area contributed by atoms with Crippen LogP contribution in [0, 0.1) is 0 Å². The Kier molecular flexibility index (Phi) is 7.67. The molecule has 2 nitrogen and oxygen atoms in total. The molecule has 1 aromatic rings. The molecular formula is C21H32O2. The second-order valence-electron chi connectivity index (χ2n) is 6.90. The van der Waals surface area contributed by atoms with Crippen LogP contribution in [0.4, 0.5) is 0 Å². The third kappa shape index (κ3) is 7.69. The Hall–Kier alpha value is -1.28. The van der Waals surface area contributed by atoms with E-state index in [0.717, 1.165) is 18.8 Å². The number of benzene rings is 1. The molecule has 128 valence electrons. The van der Waals surface area contributed by atoms with Gasteiger partial charge in [-0.25, -0.2) is 0 Å². The molecule has 1 unspecified atom stereocenters. The van der Waals surface area contributed by atoms with Gasteiger partial charge in [-0.1, -0.05) is 50.0 Å². The van der Waals surface area contributed by atoms with E-state index in [1.165, 1.54) is 50.5 Å². The van der Waals surface area contributed by atoms with Gasteiger partial charge >= 0.3 is 0 Å². The van der Waals surface area contributed by atoms with Crippen molar-refractivity contribution in [2.24, 2.45) is 0 Å². The molecule has 0 N–H and O–H groups in total. The van der Waals surface area contributed by atoms with Crippen LogP contribution in [0.2, 0.25) is 0 Å². The van der Waals surface area contributed by atoms with Gasteiger partial charge in [-0.2, -0.15) is 0 Å². The van der Waals surface area contributed by atoms with Gasteiger partial charge in [0.2, 0.25) is 0 Å². The Morgan fingerprint density at radius 1 is 1.13 bits per heavy atom. The van der Waals surface area contributed by atoms with Gasteiger partial charge in [0.1, 0.15) is 18.0 Å². The Morgan fingerprint density at radius 2 is 1.87 bits per heavy atom. The smallest absolute Gasteiger partial charge is 0.123 e. The van der Waals surface area contributed by atoms with Crippen molar-refractivity contribution in [2.45, 2.75) is 70.8 Å². The van der Waals surface area contributed by atoms with Gasteiger partial charge in [0.25, 0.3) is 0 Å². The Morgan fingerprint density at radius 3 is 2.61 bits per heavy atom. The highest BCUT2D eigenvalue weighted by Crippen LogP contribution is 2.27. The third-order valence-corrected chi connectivity index (χ3v) is 4.40. The van der Waals surface area contributed by atoms with Gasteiger partial charge < -0.3 is 9.47 Å². The van der Waals surface area contributed by atoms with Crippen LogP contribution in [0.15, 0.2) is 36.4 Å². The maximum atomic E-state index is 5.83. The summed E-state index contributed by atoms with van der Waals surface area (Å²) in [6.45, 7) is 5.67. The van der Waals surface area contributed by atoms with Gasteiger partial charge in [-0.15, -0.1) is 0 Å². The summed E-state index contributed by atoms with van der Waals surface area (Å²) in [4.78, 5) is 0. The minimum atomic E-state index is -0.0388. The normalized spacial score (nSPS) is 20.1. The second kappa shape index (κ2) is 9.77. The van der Waals surface area contributed by atoms with Crippen LogP contribution in [0.25, 0.3) is 0 Å². The maximum absolute atomic E-state index is 5.83. The molecule has 0 amide bonds. The van der Waals surface area contributed by atoms with E-state index in [2.05, 4.69) is 44.2 Å². The molecule has 2 rings (SSSR count). The summed E-state index contributed by atoms with van der Waals surface area (Å²) in [5.74, 6) is 0.975. The quantitative estimate of drug-likeness (QED) is 0.280. The maximum Gasteiger partial charge on any atom is 0.123 e. The van der Waals surface area contributed by atoms with Gasteiger partial charge in [0.15, 0.2) is 0 Å². The molecule has 23 heavy (non-hydrogen) atoms.